The Morgan fingerprint density at radius 2 is 1.83 bits per heavy atom. The number of fused-ring (bicyclic) bond motifs is 3. The van der Waals surface area contributed by atoms with Crippen LogP contribution in [-0.2, 0) is 11.8 Å². The van der Waals surface area contributed by atoms with Crippen LogP contribution in [0.25, 0.3) is 22.6 Å². The van der Waals surface area contributed by atoms with Crippen LogP contribution in [-0.4, -0.2) is 17.1 Å². The topological polar surface area (TPSA) is 31.2 Å². The van der Waals surface area contributed by atoms with Gasteiger partial charge in [0.2, 0.25) is 0 Å². The summed E-state index contributed by atoms with van der Waals surface area (Å²) < 4.78 is 7.32. The van der Waals surface area contributed by atoms with Gasteiger partial charge in [0, 0.05) is 29.1 Å². The van der Waals surface area contributed by atoms with Crippen molar-refractivity contribution in [3.63, 3.8) is 0 Å². The Hall–Kier alpha value is -2.81. The first-order valence-corrected chi connectivity index (χ1v) is 7.67. The molecule has 0 N–H and O–H groups in total. The summed E-state index contributed by atoms with van der Waals surface area (Å²) in [5.74, 6) is -0.250. The summed E-state index contributed by atoms with van der Waals surface area (Å²) in [4.78, 5) is 12.2. The maximum Gasteiger partial charge on any atom is 0.355 e. The van der Waals surface area contributed by atoms with Gasteiger partial charge in [-0.25, -0.2) is 4.79 Å². The number of benzene rings is 2. The van der Waals surface area contributed by atoms with E-state index in [1.54, 1.807) is 0 Å². The molecule has 23 heavy (non-hydrogen) atoms. The second-order valence-electron chi connectivity index (χ2n) is 5.96. The van der Waals surface area contributed by atoms with Crippen molar-refractivity contribution in [3.05, 3.63) is 70.9 Å². The highest BCUT2D eigenvalue weighted by molar-refractivity contribution is 6.10. The smallest absolute Gasteiger partial charge is 0.355 e. The van der Waals surface area contributed by atoms with E-state index in [1.807, 2.05) is 29.8 Å². The number of hydrogen-bond donors (Lipinski definition) is 0. The molecule has 1 aromatic heterocycles. The van der Waals surface area contributed by atoms with Gasteiger partial charge in [-0.15, -0.1) is 0 Å². The van der Waals surface area contributed by atoms with E-state index in [1.165, 1.54) is 5.56 Å². The van der Waals surface area contributed by atoms with Crippen LogP contribution in [0.15, 0.2) is 48.5 Å². The van der Waals surface area contributed by atoms with Gasteiger partial charge in [-0.1, -0.05) is 48.0 Å². The van der Waals surface area contributed by atoms with Gasteiger partial charge in [0.1, 0.15) is 12.3 Å². The molecule has 3 nitrogen and oxygen atoms in total. The molecule has 0 aliphatic carbocycles. The Morgan fingerprint density at radius 3 is 2.61 bits per heavy atom. The van der Waals surface area contributed by atoms with Gasteiger partial charge in [-0.3, -0.25) is 0 Å². The van der Waals surface area contributed by atoms with Crippen molar-refractivity contribution in [2.24, 2.45) is 7.05 Å². The molecule has 0 spiro atoms. The Morgan fingerprint density at radius 1 is 1.09 bits per heavy atom. The number of esters is 1. The largest absolute Gasteiger partial charge is 0.456 e. The maximum atomic E-state index is 12.2. The van der Waals surface area contributed by atoms with Crippen LogP contribution in [0.3, 0.4) is 0 Å². The summed E-state index contributed by atoms with van der Waals surface area (Å²) in [5, 5.41) is 1.10. The standard InChI is InChI=1S/C20H17NO2/c1-13-7-9-14(10-8-13)11-15-12-23-20(22)19-18(15)16-5-3-4-6-17(16)21(19)2/h3-11H,12H2,1-2H3/b15-11+. The zero-order valence-corrected chi connectivity index (χ0v) is 13.2. The van der Waals surface area contributed by atoms with Crippen LogP contribution in [0.4, 0.5) is 0 Å². The summed E-state index contributed by atoms with van der Waals surface area (Å²) >= 11 is 0. The first kappa shape index (κ1) is 13.8. The molecule has 114 valence electrons. The third kappa shape index (κ3) is 2.16. The monoisotopic (exact) mass is 303 g/mol. The molecule has 0 atom stereocenters. The number of carbonyl (C=O) groups excluding carboxylic acids is 1. The normalized spacial score (nSPS) is 15.7. The summed E-state index contributed by atoms with van der Waals surface area (Å²) in [7, 11) is 1.91. The molecule has 0 saturated heterocycles. The van der Waals surface area contributed by atoms with Crippen molar-refractivity contribution in [2.75, 3.05) is 6.61 Å². The van der Waals surface area contributed by atoms with Crippen molar-refractivity contribution >= 4 is 28.5 Å². The lowest BCUT2D eigenvalue weighted by Crippen LogP contribution is -2.18. The van der Waals surface area contributed by atoms with E-state index in [9.17, 15) is 4.79 Å². The number of nitrogens with zero attached hydrogens (tertiary/aromatic N) is 1. The molecular weight excluding hydrogens is 286 g/mol. The molecule has 2 heterocycles. The van der Waals surface area contributed by atoms with Crippen LogP contribution in [0, 0.1) is 6.92 Å². The molecule has 0 fully saturated rings. The summed E-state index contributed by atoms with van der Waals surface area (Å²) in [6, 6.07) is 16.4. The Kier molecular flexibility index (Phi) is 3.08. The number of rotatable bonds is 1. The second kappa shape index (κ2) is 5.13. The van der Waals surface area contributed by atoms with Crippen molar-refractivity contribution in [3.8, 4) is 0 Å². The fourth-order valence-electron chi connectivity index (χ4n) is 3.22. The number of para-hydroxylation sites is 1. The van der Waals surface area contributed by atoms with Crippen molar-refractivity contribution in [1.82, 2.24) is 4.57 Å². The lowest BCUT2D eigenvalue weighted by molar-refractivity contribution is 0.0533. The SMILES string of the molecule is Cc1ccc(/C=C2\COC(=O)c3c2c2ccccc2n3C)cc1. The number of carbonyl (C=O) groups is 1. The Labute approximate surface area is 134 Å². The van der Waals surface area contributed by atoms with Gasteiger partial charge in [-0.05, 0) is 24.6 Å². The predicted octanol–water partition coefficient (Wildman–Crippen LogP) is 4.20. The molecule has 0 bridgehead atoms. The molecule has 0 saturated carbocycles. The highest BCUT2D eigenvalue weighted by Crippen LogP contribution is 2.35. The molecule has 0 unspecified atom stereocenters. The number of hydrogen-bond acceptors (Lipinski definition) is 2. The lowest BCUT2D eigenvalue weighted by Gasteiger charge is -2.17. The minimum Gasteiger partial charge on any atom is -0.456 e. The Balaban J connectivity index is 1.96. The number of cyclic esters (lactones) is 1. The fraction of sp³-hybridized carbons (Fsp3) is 0.150. The molecule has 1 aliphatic heterocycles. The highest BCUT2D eigenvalue weighted by Gasteiger charge is 2.29. The van der Waals surface area contributed by atoms with Crippen molar-refractivity contribution in [1.29, 1.82) is 0 Å². The number of ether oxygens (including phenoxy) is 1. The van der Waals surface area contributed by atoms with Crippen molar-refractivity contribution < 1.29 is 9.53 Å². The molecule has 0 radical (unpaired) electrons. The molecule has 4 rings (SSSR count). The average molecular weight is 303 g/mol. The first-order valence-electron chi connectivity index (χ1n) is 7.67. The van der Waals surface area contributed by atoms with Gasteiger partial charge in [0.05, 0.1) is 0 Å². The van der Waals surface area contributed by atoms with Crippen LogP contribution >= 0.6 is 0 Å². The van der Waals surface area contributed by atoms with E-state index in [2.05, 4.69) is 43.3 Å². The van der Waals surface area contributed by atoms with E-state index < -0.39 is 0 Å². The fourth-order valence-corrected chi connectivity index (χ4v) is 3.22. The van der Waals surface area contributed by atoms with Crippen LogP contribution < -0.4 is 0 Å². The summed E-state index contributed by atoms with van der Waals surface area (Å²) in [6.45, 7) is 2.38. The molecular formula is C20H17NO2. The van der Waals surface area contributed by atoms with E-state index in [4.69, 9.17) is 4.74 Å². The van der Waals surface area contributed by atoms with Gasteiger partial charge in [-0.2, -0.15) is 0 Å². The van der Waals surface area contributed by atoms with Crippen LogP contribution in [0.1, 0.15) is 27.2 Å². The molecule has 1 aliphatic rings. The number of aromatic nitrogens is 1. The van der Waals surface area contributed by atoms with Crippen molar-refractivity contribution in [2.45, 2.75) is 6.92 Å². The average Bonchev–Trinajstić information content (AvgIpc) is 2.87. The lowest BCUT2D eigenvalue weighted by atomic mass is 9.98. The molecule has 0 amide bonds. The molecule has 2 aromatic carbocycles. The van der Waals surface area contributed by atoms with Gasteiger partial charge >= 0.3 is 5.97 Å². The highest BCUT2D eigenvalue weighted by atomic mass is 16.5. The van der Waals surface area contributed by atoms with Crippen LogP contribution in [0.2, 0.25) is 0 Å². The van der Waals surface area contributed by atoms with Gasteiger partial charge in [0.15, 0.2) is 0 Å². The number of aryl methyl sites for hydroxylation is 2. The van der Waals surface area contributed by atoms with Gasteiger partial charge < -0.3 is 9.30 Å². The quantitative estimate of drug-likeness (QED) is 0.631. The minimum atomic E-state index is -0.250. The summed E-state index contributed by atoms with van der Waals surface area (Å²) in [6.07, 6.45) is 2.11. The zero-order chi connectivity index (χ0) is 16.0. The van der Waals surface area contributed by atoms with E-state index >= 15 is 0 Å². The Bertz CT molecular complexity index is 946. The second-order valence-corrected chi connectivity index (χ2v) is 5.96. The third-order valence-electron chi connectivity index (χ3n) is 4.40. The van der Waals surface area contributed by atoms with Crippen LogP contribution in [0.5, 0.6) is 0 Å². The molecule has 3 aromatic rings. The minimum absolute atomic E-state index is 0.250. The summed E-state index contributed by atoms with van der Waals surface area (Å²) in [5.41, 5.74) is 6.07. The van der Waals surface area contributed by atoms with Gasteiger partial charge in [0.25, 0.3) is 0 Å². The first-order chi connectivity index (χ1) is 11.1. The predicted molar refractivity (Wildman–Crippen MR) is 92.3 cm³/mol. The molecule has 3 heteroatoms. The third-order valence-corrected chi connectivity index (χ3v) is 4.40. The maximum absolute atomic E-state index is 12.2. The van der Waals surface area contributed by atoms with E-state index in [0.717, 1.165) is 27.6 Å². The van der Waals surface area contributed by atoms with E-state index in [0.29, 0.717) is 12.3 Å². The zero-order valence-electron chi connectivity index (χ0n) is 13.2. The van der Waals surface area contributed by atoms with E-state index in [-0.39, 0.29) is 5.97 Å².